The van der Waals surface area contributed by atoms with E-state index in [1.54, 1.807) is 24.4 Å². The second kappa shape index (κ2) is 7.38. The Morgan fingerprint density at radius 3 is 2.58 bits per heavy atom. The molecule has 1 heterocycles. The van der Waals surface area contributed by atoms with Crippen molar-refractivity contribution in [2.45, 2.75) is 18.4 Å². The highest BCUT2D eigenvalue weighted by Crippen LogP contribution is 2.26. The molecule has 0 spiro atoms. The van der Waals surface area contributed by atoms with Crippen molar-refractivity contribution in [3.63, 3.8) is 0 Å². The van der Waals surface area contributed by atoms with Gasteiger partial charge in [0.25, 0.3) is 10.0 Å². The van der Waals surface area contributed by atoms with Crippen molar-refractivity contribution in [2.24, 2.45) is 0 Å². The van der Waals surface area contributed by atoms with Gasteiger partial charge in [0.1, 0.15) is 5.82 Å². The fourth-order valence-corrected chi connectivity index (χ4v) is 4.08. The molecule has 0 atom stereocenters. The number of nitrogens with one attached hydrogen (secondary N) is 1. The minimum absolute atomic E-state index is 0.0658. The maximum absolute atomic E-state index is 13.9. The van der Waals surface area contributed by atoms with Crippen LogP contribution in [0.5, 0.6) is 0 Å². The number of nitrogens with zero attached hydrogens (tertiary/aromatic N) is 2. The topological polar surface area (TPSA) is 64.0 Å². The Hall–Kier alpha value is -1.90. The van der Waals surface area contributed by atoms with Gasteiger partial charge in [-0.25, -0.2) is 12.8 Å². The van der Waals surface area contributed by atoms with E-state index < -0.39 is 15.8 Å². The third kappa shape index (κ3) is 4.08. The number of halogens is 3. The maximum Gasteiger partial charge on any atom is 0.263 e. The Kier molecular flexibility index (Phi) is 5.36. The maximum atomic E-state index is 13.9. The number of aryl methyl sites for hydroxylation is 1. The summed E-state index contributed by atoms with van der Waals surface area (Å²) in [7, 11) is -3.78. The van der Waals surface area contributed by atoms with Crippen molar-refractivity contribution in [1.82, 2.24) is 9.78 Å². The van der Waals surface area contributed by atoms with Crippen molar-refractivity contribution in [2.75, 3.05) is 4.72 Å². The lowest BCUT2D eigenvalue weighted by atomic mass is 10.2. The monoisotopic (exact) mass is 457 g/mol. The van der Waals surface area contributed by atoms with Crippen LogP contribution in [0.3, 0.4) is 0 Å². The second-order valence-corrected chi connectivity index (χ2v) is 8.59. The van der Waals surface area contributed by atoms with E-state index in [2.05, 4.69) is 25.8 Å². The van der Waals surface area contributed by atoms with Gasteiger partial charge in [0.15, 0.2) is 5.82 Å². The van der Waals surface area contributed by atoms with Crippen LogP contribution >= 0.6 is 27.5 Å². The molecule has 26 heavy (non-hydrogen) atoms. The molecule has 5 nitrogen and oxygen atoms in total. The van der Waals surface area contributed by atoms with Crippen LogP contribution in [0.25, 0.3) is 0 Å². The first-order valence-corrected chi connectivity index (χ1v) is 10.2. The van der Waals surface area contributed by atoms with Gasteiger partial charge in [-0.15, -0.1) is 0 Å². The average molecular weight is 459 g/mol. The molecule has 1 aromatic heterocycles. The third-order valence-corrected chi connectivity index (χ3v) is 5.95. The molecular formula is C17H14BrClFN3O2S. The number of rotatable bonds is 5. The van der Waals surface area contributed by atoms with Crippen LogP contribution in [0.2, 0.25) is 5.02 Å². The molecule has 0 aliphatic heterocycles. The van der Waals surface area contributed by atoms with Crippen LogP contribution in [0, 0.1) is 12.7 Å². The normalized spacial score (nSPS) is 11.5. The fourth-order valence-electron chi connectivity index (χ4n) is 2.30. The van der Waals surface area contributed by atoms with E-state index in [-0.39, 0.29) is 27.8 Å². The molecule has 0 radical (unpaired) electrons. The minimum atomic E-state index is -3.78. The molecule has 0 unspecified atom stereocenters. The Labute approximate surface area is 164 Å². The average Bonchev–Trinajstić information content (AvgIpc) is 2.90. The fraction of sp³-hybridized carbons (Fsp3) is 0.118. The first-order chi connectivity index (χ1) is 12.3. The van der Waals surface area contributed by atoms with E-state index in [0.717, 1.165) is 5.56 Å². The molecule has 9 heteroatoms. The quantitative estimate of drug-likeness (QED) is 0.608. The Morgan fingerprint density at radius 2 is 1.92 bits per heavy atom. The molecular weight excluding hydrogens is 445 g/mol. The predicted octanol–water partition coefficient (Wildman–Crippen LogP) is 4.60. The Balaban J connectivity index is 1.85. The number of hydrogen-bond donors (Lipinski definition) is 1. The van der Waals surface area contributed by atoms with Gasteiger partial charge in [0.05, 0.1) is 15.9 Å². The molecule has 0 aliphatic carbocycles. The van der Waals surface area contributed by atoms with Crippen LogP contribution in [0.1, 0.15) is 11.1 Å². The lowest BCUT2D eigenvalue weighted by molar-refractivity contribution is 0.585. The summed E-state index contributed by atoms with van der Waals surface area (Å²) in [5.74, 6) is -0.344. The van der Waals surface area contributed by atoms with Gasteiger partial charge in [0.2, 0.25) is 0 Å². The van der Waals surface area contributed by atoms with Gasteiger partial charge in [0, 0.05) is 16.8 Å². The van der Waals surface area contributed by atoms with Gasteiger partial charge in [-0.05, 0) is 47.1 Å². The van der Waals surface area contributed by atoms with Crippen LogP contribution in [-0.2, 0) is 16.6 Å². The van der Waals surface area contributed by atoms with Crippen molar-refractivity contribution in [3.05, 3.63) is 75.1 Å². The Morgan fingerprint density at radius 1 is 1.23 bits per heavy atom. The zero-order valence-corrected chi connectivity index (χ0v) is 16.7. The molecule has 3 rings (SSSR count). The van der Waals surface area contributed by atoms with Gasteiger partial charge >= 0.3 is 0 Å². The van der Waals surface area contributed by atoms with Gasteiger partial charge in [-0.3, -0.25) is 9.40 Å². The van der Waals surface area contributed by atoms with Crippen LogP contribution < -0.4 is 4.72 Å². The van der Waals surface area contributed by atoms with E-state index in [4.69, 9.17) is 11.6 Å². The molecule has 0 aliphatic rings. The molecule has 0 fully saturated rings. The largest absolute Gasteiger partial charge is 0.265 e. The van der Waals surface area contributed by atoms with E-state index >= 15 is 0 Å². The minimum Gasteiger partial charge on any atom is -0.265 e. The van der Waals surface area contributed by atoms with Crippen LogP contribution in [0.15, 0.2) is 58.0 Å². The third-order valence-electron chi connectivity index (χ3n) is 3.66. The summed E-state index contributed by atoms with van der Waals surface area (Å²) in [4.78, 5) is 0.127. The number of sulfonamides is 1. The molecule has 2 aromatic carbocycles. The number of benzene rings is 2. The second-order valence-electron chi connectivity index (χ2n) is 5.64. The van der Waals surface area contributed by atoms with Gasteiger partial charge in [-0.1, -0.05) is 35.4 Å². The highest BCUT2D eigenvalue weighted by molar-refractivity contribution is 9.10. The first kappa shape index (κ1) is 18.9. The first-order valence-electron chi connectivity index (χ1n) is 7.51. The van der Waals surface area contributed by atoms with Crippen LogP contribution in [-0.4, -0.2) is 18.2 Å². The summed E-state index contributed by atoms with van der Waals surface area (Å²) in [5, 5.41) is 4.45. The van der Waals surface area contributed by atoms with Gasteiger partial charge in [-0.2, -0.15) is 5.10 Å². The molecule has 136 valence electrons. The summed E-state index contributed by atoms with van der Waals surface area (Å²) in [6.07, 6.45) is 1.55. The van der Waals surface area contributed by atoms with Crippen molar-refractivity contribution < 1.29 is 12.8 Å². The van der Waals surface area contributed by atoms with Crippen LogP contribution in [0.4, 0.5) is 10.2 Å². The van der Waals surface area contributed by atoms with Crippen molar-refractivity contribution in [3.8, 4) is 0 Å². The number of aromatic nitrogens is 2. The Bertz CT molecular complexity index is 1030. The van der Waals surface area contributed by atoms with E-state index in [9.17, 15) is 12.8 Å². The summed E-state index contributed by atoms with van der Waals surface area (Å²) >= 11 is 9.29. The summed E-state index contributed by atoms with van der Waals surface area (Å²) < 4.78 is 43.1. The summed E-state index contributed by atoms with van der Waals surface area (Å²) in [6, 6.07) is 10.9. The molecule has 0 bridgehead atoms. The van der Waals surface area contributed by atoms with E-state index in [1.165, 1.54) is 28.9 Å². The SMILES string of the molecule is Cc1ccc(S(=O)(=O)Nc2nn(Cc3c(F)cccc3Cl)cc2Br)cc1. The summed E-state index contributed by atoms with van der Waals surface area (Å²) in [6.45, 7) is 1.94. The van der Waals surface area contributed by atoms with Crippen molar-refractivity contribution >= 4 is 43.4 Å². The summed E-state index contributed by atoms with van der Waals surface area (Å²) in [5.41, 5.74) is 1.23. The predicted molar refractivity (Wildman–Crippen MR) is 102 cm³/mol. The van der Waals surface area contributed by atoms with E-state index in [1.807, 2.05) is 6.92 Å². The smallest absolute Gasteiger partial charge is 0.263 e. The lowest BCUT2D eigenvalue weighted by Gasteiger charge is -2.07. The highest BCUT2D eigenvalue weighted by atomic mass is 79.9. The number of anilines is 1. The molecule has 0 saturated heterocycles. The van der Waals surface area contributed by atoms with Crippen molar-refractivity contribution in [1.29, 1.82) is 0 Å². The molecule has 3 aromatic rings. The molecule has 1 N–H and O–H groups in total. The standard InChI is InChI=1S/C17H14BrClFN3O2S/c1-11-5-7-12(8-6-11)26(24,25)22-17-14(18)10-23(21-17)9-13-15(19)3-2-4-16(13)20/h2-8,10H,9H2,1H3,(H,21,22). The number of hydrogen-bond acceptors (Lipinski definition) is 3. The highest BCUT2D eigenvalue weighted by Gasteiger charge is 2.18. The zero-order valence-electron chi connectivity index (χ0n) is 13.6. The van der Waals surface area contributed by atoms with E-state index in [0.29, 0.717) is 4.47 Å². The molecule has 0 saturated carbocycles. The van der Waals surface area contributed by atoms with Gasteiger partial charge < -0.3 is 0 Å². The lowest BCUT2D eigenvalue weighted by Crippen LogP contribution is -2.14. The molecule has 0 amide bonds. The zero-order chi connectivity index (χ0) is 18.9.